The third-order valence-electron chi connectivity index (χ3n) is 6.45. The summed E-state index contributed by atoms with van der Waals surface area (Å²) in [5.74, 6) is 2.23. The van der Waals surface area contributed by atoms with Crippen molar-refractivity contribution in [1.82, 2.24) is 0 Å². The van der Waals surface area contributed by atoms with Crippen molar-refractivity contribution < 1.29 is 9.47 Å². The zero-order valence-corrected chi connectivity index (χ0v) is 13.7. The topological polar surface area (TPSA) is 18.5 Å². The van der Waals surface area contributed by atoms with E-state index in [1.165, 1.54) is 19.3 Å². The van der Waals surface area contributed by atoms with Crippen molar-refractivity contribution in [2.75, 3.05) is 13.4 Å². The van der Waals surface area contributed by atoms with Crippen LogP contribution in [0.4, 0.5) is 0 Å². The molecule has 0 aromatic heterocycles. The van der Waals surface area contributed by atoms with E-state index < -0.39 is 0 Å². The van der Waals surface area contributed by atoms with Crippen LogP contribution in [0.3, 0.4) is 0 Å². The Labute approximate surface area is 119 Å². The van der Waals surface area contributed by atoms with Crippen molar-refractivity contribution in [2.45, 2.75) is 66.9 Å². The van der Waals surface area contributed by atoms with Gasteiger partial charge in [0.2, 0.25) is 0 Å². The highest BCUT2D eigenvalue weighted by Gasteiger charge is 2.60. The molecule has 2 rings (SSSR count). The Balaban J connectivity index is 2.17. The summed E-state index contributed by atoms with van der Waals surface area (Å²) >= 11 is 0. The van der Waals surface area contributed by atoms with Crippen molar-refractivity contribution in [3.8, 4) is 0 Å². The molecule has 0 N–H and O–H groups in total. The summed E-state index contributed by atoms with van der Waals surface area (Å²) in [5.41, 5.74) is 0.799. The maximum Gasteiger partial charge on any atom is 0.147 e. The lowest BCUT2D eigenvalue weighted by Gasteiger charge is -2.42. The Kier molecular flexibility index (Phi) is 4.32. The highest BCUT2D eigenvalue weighted by molar-refractivity contribution is 5.08. The van der Waals surface area contributed by atoms with Crippen molar-refractivity contribution in [3.05, 3.63) is 0 Å². The lowest BCUT2D eigenvalue weighted by molar-refractivity contribution is -0.137. The fraction of sp³-hybridized carbons (Fsp3) is 1.00. The van der Waals surface area contributed by atoms with Gasteiger partial charge in [0, 0.05) is 6.61 Å². The van der Waals surface area contributed by atoms with Crippen molar-refractivity contribution in [1.29, 1.82) is 0 Å². The van der Waals surface area contributed by atoms with Crippen molar-refractivity contribution >= 4 is 0 Å². The largest absolute Gasteiger partial charge is 0.356 e. The zero-order chi connectivity index (χ0) is 14.3. The third kappa shape index (κ3) is 2.47. The van der Waals surface area contributed by atoms with Crippen LogP contribution in [0, 0.1) is 28.6 Å². The van der Waals surface area contributed by atoms with Crippen LogP contribution in [0.5, 0.6) is 0 Å². The van der Waals surface area contributed by atoms with Crippen molar-refractivity contribution in [2.24, 2.45) is 28.6 Å². The van der Waals surface area contributed by atoms with Gasteiger partial charge < -0.3 is 9.47 Å². The van der Waals surface area contributed by atoms with Crippen LogP contribution < -0.4 is 0 Å². The average molecular weight is 268 g/mol. The number of hydrogen-bond donors (Lipinski definition) is 0. The minimum absolute atomic E-state index is 0.367. The molecule has 4 unspecified atom stereocenters. The minimum Gasteiger partial charge on any atom is -0.356 e. The van der Waals surface area contributed by atoms with E-state index >= 15 is 0 Å². The van der Waals surface area contributed by atoms with Gasteiger partial charge in [-0.2, -0.15) is 0 Å². The van der Waals surface area contributed by atoms with Gasteiger partial charge in [-0.1, -0.05) is 41.0 Å². The lowest BCUT2D eigenvalue weighted by atomic mass is 9.67. The van der Waals surface area contributed by atoms with Crippen LogP contribution in [0.2, 0.25) is 0 Å². The Morgan fingerprint density at radius 3 is 2.37 bits per heavy atom. The van der Waals surface area contributed by atoms with E-state index in [0.29, 0.717) is 29.6 Å². The summed E-state index contributed by atoms with van der Waals surface area (Å²) in [7, 11) is 0. The van der Waals surface area contributed by atoms with Crippen LogP contribution in [-0.2, 0) is 9.47 Å². The highest BCUT2D eigenvalue weighted by Crippen LogP contribution is 2.64. The quantitative estimate of drug-likeness (QED) is 0.552. The van der Waals surface area contributed by atoms with E-state index in [1.54, 1.807) is 0 Å². The first-order chi connectivity index (χ1) is 8.83. The average Bonchev–Trinajstić information content (AvgIpc) is 2.50. The minimum atomic E-state index is 0.367. The molecular weight excluding hydrogens is 236 g/mol. The zero-order valence-electron chi connectivity index (χ0n) is 13.7. The molecule has 0 aliphatic heterocycles. The van der Waals surface area contributed by atoms with Gasteiger partial charge in [-0.15, -0.1) is 0 Å². The Morgan fingerprint density at radius 2 is 1.74 bits per heavy atom. The molecule has 2 saturated carbocycles. The molecule has 2 nitrogen and oxygen atoms in total. The molecule has 0 amide bonds. The molecule has 0 bridgehead atoms. The van der Waals surface area contributed by atoms with E-state index in [-0.39, 0.29) is 0 Å². The maximum absolute atomic E-state index is 6.09. The van der Waals surface area contributed by atoms with E-state index in [9.17, 15) is 0 Å². The molecule has 2 aliphatic carbocycles. The van der Waals surface area contributed by atoms with E-state index in [4.69, 9.17) is 9.47 Å². The first kappa shape index (κ1) is 15.3. The number of hydrogen-bond acceptors (Lipinski definition) is 2. The molecule has 0 aromatic rings. The highest BCUT2D eigenvalue weighted by atomic mass is 16.7. The third-order valence-corrected chi connectivity index (χ3v) is 6.45. The van der Waals surface area contributed by atoms with E-state index in [2.05, 4.69) is 34.6 Å². The van der Waals surface area contributed by atoms with Crippen LogP contribution in [0.1, 0.15) is 60.8 Å². The SMILES string of the molecule is CCOCOC1CCCC2C1C(C)(C)C(C)C2(C)C. The molecule has 112 valence electrons. The van der Waals surface area contributed by atoms with Crippen LogP contribution in [0.15, 0.2) is 0 Å². The molecule has 2 fully saturated rings. The van der Waals surface area contributed by atoms with Crippen molar-refractivity contribution in [3.63, 3.8) is 0 Å². The summed E-state index contributed by atoms with van der Waals surface area (Å²) in [4.78, 5) is 0. The Morgan fingerprint density at radius 1 is 1.05 bits per heavy atom. The fourth-order valence-electron chi connectivity index (χ4n) is 4.96. The predicted molar refractivity (Wildman–Crippen MR) is 78.9 cm³/mol. The Hall–Kier alpha value is -0.0800. The molecule has 2 heteroatoms. The molecule has 4 atom stereocenters. The van der Waals surface area contributed by atoms with Gasteiger partial charge in [0.25, 0.3) is 0 Å². The molecule has 2 aliphatic rings. The molecule has 0 aromatic carbocycles. The second-order valence-corrected chi connectivity index (χ2v) is 7.74. The summed E-state index contributed by atoms with van der Waals surface area (Å²) in [6.07, 6.45) is 4.29. The van der Waals surface area contributed by atoms with Gasteiger partial charge in [0.15, 0.2) is 0 Å². The standard InChI is InChI=1S/C17H32O2/c1-7-18-11-19-14-10-8-9-13-15(14)17(5,6)12(2)16(13,3)4/h12-15H,7-11H2,1-6H3. The van der Waals surface area contributed by atoms with Gasteiger partial charge >= 0.3 is 0 Å². The summed E-state index contributed by atoms with van der Waals surface area (Å²) in [6, 6.07) is 0. The van der Waals surface area contributed by atoms with Gasteiger partial charge in [-0.3, -0.25) is 0 Å². The molecule has 0 radical (unpaired) electrons. The van der Waals surface area contributed by atoms with Crippen LogP contribution in [0.25, 0.3) is 0 Å². The normalized spacial score (nSPS) is 40.1. The molecule has 0 heterocycles. The van der Waals surface area contributed by atoms with Crippen LogP contribution in [-0.4, -0.2) is 19.5 Å². The van der Waals surface area contributed by atoms with Gasteiger partial charge in [0.1, 0.15) is 6.79 Å². The maximum atomic E-state index is 6.09. The van der Waals surface area contributed by atoms with E-state index in [1.807, 2.05) is 6.92 Å². The molecule has 0 spiro atoms. The molecular formula is C17H32O2. The first-order valence-electron chi connectivity index (χ1n) is 8.02. The Bertz CT molecular complexity index is 308. The fourth-order valence-corrected chi connectivity index (χ4v) is 4.96. The van der Waals surface area contributed by atoms with Gasteiger partial charge in [-0.25, -0.2) is 0 Å². The molecule has 0 saturated heterocycles. The number of rotatable bonds is 4. The first-order valence-corrected chi connectivity index (χ1v) is 8.02. The second kappa shape index (κ2) is 5.37. The summed E-state index contributed by atoms with van der Waals surface area (Å²) < 4.78 is 11.5. The number of fused-ring (bicyclic) bond motifs is 1. The van der Waals surface area contributed by atoms with Crippen LogP contribution >= 0.6 is 0 Å². The van der Waals surface area contributed by atoms with E-state index in [0.717, 1.165) is 18.4 Å². The summed E-state index contributed by atoms with van der Waals surface area (Å²) in [5, 5.41) is 0. The summed E-state index contributed by atoms with van der Waals surface area (Å²) in [6.45, 7) is 15.5. The smallest absolute Gasteiger partial charge is 0.147 e. The lowest BCUT2D eigenvalue weighted by Crippen LogP contribution is -2.40. The van der Waals surface area contributed by atoms with Gasteiger partial charge in [0.05, 0.1) is 6.10 Å². The molecule has 19 heavy (non-hydrogen) atoms. The monoisotopic (exact) mass is 268 g/mol. The second-order valence-electron chi connectivity index (χ2n) is 7.74. The number of ether oxygens (including phenoxy) is 2. The predicted octanol–water partition coefficient (Wildman–Crippen LogP) is 4.48. The van der Waals surface area contributed by atoms with Gasteiger partial charge in [-0.05, 0) is 48.3 Å².